The van der Waals surface area contributed by atoms with E-state index < -0.39 is 0 Å². The lowest BCUT2D eigenvalue weighted by molar-refractivity contribution is 0.115. The highest BCUT2D eigenvalue weighted by Crippen LogP contribution is 2.24. The van der Waals surface area contributed by atoms with E-state index in [9.17, 15) is 0 Å². The van der Waals surface area contributed by atoms with E-state index >= 15 is 0 Å². The highest BCUT2D eigenvalue weighted by atomic mass is 16.5. The monoisotopic (exact) mass is 284 g/mol. The first-order valence-electron chi connectivity index (χ1n) is 8.63. The fourth-order valence-electron chi connectivity index (χ4n) is 3.13. The molecule has 1 aliphatic rings. The zero-order valence-corrected chi connectivity index (χ0v) is 14.2. The third-order valence-corrected chi connectivity index (χ3v) is 4.34. The highest BCUT2D eigenvalue weighted by molar-refractivity contribution is 4.81. The molecular formula is C17H36N2O. The molecule has 0 aromatic heterocycles. The molecule has 1 saturated carbocycles. The van der Waals surface area contributed by atoms with Crippen LogP contribution in [0.2, 0.25) is 0 Å². The van der Waals surface area contributed by atoms with Gasteiger partial charge in [0.1, 0.15) is 0 Å². The fraction of sp³-hybridized carbons (Fsp3) is 1.00. The van der Waals surface area contributed by atoms with Crippen LogP contribution in [0.4, 0.5) is 0 Å². The average molecular weight is 284 g/mol. The third kappa shape index (κ3) is 7.05. The lowest BCUT2D eigenvalue weighted by atomic mass is 10.1. The Balaban J connectivity index is 2.49. The van der Waals surface area contributed by atoms with Crippen LogP contribution in [0.1, 0.15) is 59.3 Å². The van der Waals surface area contributed by atoms with Crippen LogP contribution >= 0.6 is 0 Å². The summed E-state index contributed by atoms with van der Waals surface area (Å²) in [5.74, 6) is 0.795. The number of nitrogens with one attached hydrogen (secondary N) is 1. The molecule has 20 heavy (non-hydrogen) atoms. The zero-order chi connectivity index (χ0) is 14.8. The summed E-state index contributed by atoms with van der Waals surface area (Å²) in [7, 11) is 1.81. The van der Waals surface area contributed by atoms with Crippen molar-refractivity contribution in [3.63, 3.8) is 0 Å². The van der Waals surface area contributed by atoms with Gasteiger partial charge < -0.3 is 10.1 Å². The van der Waals surface area contributed by atoms with Crippen LogP contribution in [0.3, 0.4) is 0 Å². The predicted octanol–water partition coefficient (Wildman–Crippen LogP) is 3.29. The molecule has 0 aromatic rings. The van der Waals surface area contributed by atoms with Crippen molar-refractivity contribution in [3.05, 3.63) is 0 Å². The third-order valence-electron chi connectivity index (χ3n) is 4.34. The number of methoxy groups -OCH3 is 1. The van der Waals surface area contributed by atoms with Crippen LogP contribution in [0.15, 0.2) is 0 Å². The van der Waals surface area contributed by atoms with Gasteiger partial charge in [-0.05, 0) is 44.7 Å². The van der Waals surface area contributed by atoms with Crippen molar-refractivity contribution in [2.24, 2.45) is 5.92 Å². The van der Waals surface area contributed by atoms with Gasteiger partial charge in [-0.25, -0.2) is 0 Å². The van der Waals surface area contributed by atoms with E-state index in [-0.39, 0.29) is 0 Å². The quantitative estimate of drug-likeness (QED) is 0.630. The Morgan fingerprint density at radius 3 is 2.50 bits per heavy atom. The summed E-state index contributed by atoms with van der Waals surface area (Å²) in [6.45, 7) is 11.2. The van der Waals surface area contributed by atoms with E-state index in [2.05, 4.69) is 31.0 Å². The Kier molecular flexibility index (Phi) is 9.49. The van der Waals surface area contributed by atoms with Crippen LogP contribution in [-0.4, -0.2) is 50.3 Å². The molecule has 120 valence electrons. The molecule has 1 aliphatic carbocycles. The van der Waals surface area contributed by atoms with Crippen molar-refractivity contribution in [1.82, 2.24) is 10.2 Å². The van der Waals surface area contributed by atoms with Gasteiger partial charge in [-0.2, -0.15) is 0 Å². The smallest absolute Gasteiger partial charge is 0.0628 e. The Labute approximate surface area is 126 Å². The Bertz CT molecular complexity index is 227. The molecule has 1 N–H and O–H groups in total. The van der Waals surface area contributed by atoms with E-state index in [0.717, 1.165) is 31.7 Å². The summed E-state index contributed by atoms with van der Waals surface area (Å²) >= 11 is 0. The van der Waals surface area contributed by atoms with Crippen molar-refractivity contribution in [2.45, 2.75) is 71.4 Å². The lowest BCUT2D eigenvalue weighted by Gasteiger charge is -2.33. The summed E-state index contributed by atoms with van der Waals surface area (Å²) in [6, 6.07) is 1.30. The average Bonchev–Trinajstić information content (AvgIpc) is 2.94. The summed E-state index contributed by atoms with van der Waals surface area (Å²) in [4.78, 5) is 2.74. The first-order chi connectivity index (χ1) is 9.67. The minimum absolute atomic E-state index is 0.479. The topological polar surface area (TPSA) is 24.5 Å². The maximum atomic E-state index is 5.40. The normalized spacial score (nSPS) is 18.3. The molecule has 1 atom stereocenters. The molecule has 0 aromatic carbocycles. The van der Waals surface area contributed by atoms with Crippen LogP contribution < -0.4 is 5.32 Å². The molecule has 3 nitrogen and oxygen atoms in total. The minimum Gasteiger partial charge on any atom is -0.383 e. The number of rotatable bonds is 11. The van der Waals surface area contributed by atoms with E-state index in [4.69, 9.17) is 4.74 Å². The van der Waals surface area contributed by atoms with Crippen LogP contribution in [0.25, 0.3) is 0 Å². The van der Waals surface area contributed by atoms with Gasteiger partial charge >= 0.3 is 0 Å². The summed E-state index contributed by atoms with van der Waals surface area (Å²) in [5, 5.41) is 3.65. The molecule has 1 fully saturated rings. The minimum atomic E-state index is 0.479. The van der Waals surface area contributed by atoms with E-state index in [1.54, 1.807) is 0 Å². The van der Waals surface area contributed by atoms with E-state index in [0.29, 0.717) is 6.04 Å². The van der Waals surface area contributed by atoms with Gasteiger partial charge in [-0.1, -0.05) is 33.6 Å². The van der Waals surface area contributed by atoms with E-state index in [1.165, 1.54) is 45.1 Å². The predicted molar refractivity (Wildman–Crippen MR) is 87.2 cm³/mol. The zero-order valence-electron chi connectivity index (χ0n) is 14.2. The maximum absolute atomic E-state index is 5.40. The molecule has 1 rings (SSSR count). The number of hydrogen-bond acceptors (Lipinski definition) is 3. The molecule has 1 unspecified atom stereocenters. The summed E-state index contributed by atoms with van der Waals surface area (Å²) in [6.07, 6.45) is 8.12. The Morgan fingerprint density at radius 2 is 1.95 bits per heavy atom. The first kappa shape index (κ1) is 17.9. The van der Waals surface area contributed by atoms with Gasteiger partial charge in [0.2, 0.25) is 0 Å². The second-order valence-corrected chi connectivity index (χ2v) is 6.72. The fourth-order valence-corrected chi connectivity index (χ4v) is 3.13. The molecule has 0 radical (unpaired) electrons. The van der Waals surface area contributed by atoms with Gasteiger partial charge in [-0.3, -0.25) is 4.90 Å². The number of nitrogens with zero attached hydrogens (tertiary/aromatic N) is 1. The van der Waals surface area contributed by atoms with Crippen molar-refractivity contribution >= 4 is 0 Å². The van der Waals surface area contributed by atoms with Gasteiger partial charge in [0, 0.05) is 25.7 Å². The number of ether oxygens (including phenoxy) is 1. The van der Waals surface area contributed by atoms with Crippen molar-refractivity contribution in [3.8, 4) is 0 Å². The summed E-state index contributed by atoms with van der Waals surface area (Å²) in [5.41, 5.74) is 0. The van der Waals surface area contributed by atoms with E-state index in [1.807, 2.05) is 7.11 Å². The molecule has 0 saturated heterocycles. The molecule has 0 bridgehead atoms. The maximum Gasteiger partial charge on any atom is 0.0628 e. The summed E-state index contributed by atoms with van der Waals surface area (Å²) < 4.78 is 5.40. The molecule has 0 aliphatic heterocycles. The Hall–Kier alpha value is -0.120. The van der Waals surface area contributed by atoms with Crippen molar-refractivity contribution < 1.29 is 4.74 Å². The number of hydrogen-bond donors (Lipinski definition) is 1. The second-order valence-electron chi connectivity index (χ2n) is 6.72. The molecule has 0 spiro atoms. The molecule has 0 amide bonds. The highest BCUT2D eigenvalue weighted by Gasteiger charge is 2.24. The molecule has 0 heterocycles. The van der Waals surface area contributed by atoms with Gasteiger partial charge in [0.05, 0.1) is 6.61 Å². The van der Waals surface area contributed by atoms with Crippen LogP contribution in [0, 0.1) is 5.92 Å². The lowest BCUT2D eigenvalue weighted by Crippen LogP contribution is -2.47. The van der Waals surface area contributed by atoms with Crippen molar-refractivity contribution in [1.29, 1.82) is 0 Å². The van der Waals surface area contributed by atoms with Crippen molar-refractivity contribution in [2.75, 3.05) is 33.4 Å². The first-order valence-corrected chi connectivity index (χ1v) is 8.63. The van der Waals surface area contributed by atoms with Gasteiger partial charge in [0.25, 0.3) is 0 Å². The largest absolute Gasteiger partial charge is 0.383 e. The molecule has 3 heteroatoms. The van der Waals surface area contributed by atoms with Gasteiger partial charge in [0.15, 0.2) is 0 Å². The van der Waals surface area contributed by atoms with Gasteiger partial charge in [-0.15, -0.1) is 0 Å². The SMILES string of the molecule is CCCNC(COC)CN(CCC(C)C)C1CCCC1. The second kappa shape index (κ2) is 10.6. The van der Waals surface area contributed by atoms with Crippen LogP contribution in [0.5, 0.6) is 0 Å². The van der Waals surface area contributed by atoms with Crippen LogP contribution in [-0.2, 0) is 4.74 Å². The Morgan fingerprint density at radius 1 is 1.25 bits per heavy atom. The molecular weight excluding hydrogens is 248 g/mol. The standard InChI is InChI=1S/C17H36N2O/c1-5-11-18-16(14-20-4)13-19(12-10-15(2)3)17-8-6-7-9-17/h15-18H,5-14H2,1-4H3.